The summed E-state index contributed by atoms with van der Waals surface area (Å²) in [6.45, 7) is 3.44. The SMILES string of the molecule is CCNCc1ccc(-n2cnc(C#N)n2)c(F)c1. The topological polar surface area (TPSA) is 66.5 Å². The van der Waals surface area contributed by atoms with E-state index < -0.39 is 0 Å². The summed E-state index contributed by atoms with van der Waals surface area (Å²) in [6, 6.07) is 6.69. The van der Waals surface area contributed by atoms with Gasteiger partial charge in [-0.3, -0.25) is 0 Å². The summed E-state index contributed by atoms with van der Waals surface area (Å²) < 4.78 is 15.1. The van der Waals surface area contributed by atoms with Crippen LogP contribution in [-0.2, 0) is 6.54 Å². The van der Waals surface area contributed by atoms with Gasteiger partial charge in [0.1, 0.15) is 23.9 Å². The van der Waals surface area contributed by atoms with Crippen LogP contribution in [0.3, 0.4) is 0 Å². The lowest BCUT2D eigenvalue weighted by Gasteiger charge is -2.06. The Balaban J connectivity index is 2.27. The van der Waals surface area contributed by atoms with Crippen LogP contribution < -0.4 is 5.32 Å². The Morgan fingerprint density at radius 2 is 2.33 bits per heavy atom. The molecular formula is C12H12FN5. The third-order valence-corrected chi connectivity index (χ3v) is 2.43. The highest BCUT2D eigenvalue weighted by Gasteiger charge is 2.08. The van der Waals surface area contributed by atoms with Gasteiger partial charge in [-0.15, -0.1) is 5.10 Å². The number of hydrogen-bond acceptors (Lipinski definition) is 4. The second-order valence-electron chi connectivity index (χ2n) is 3.69. The van der Waals surface area contributed by atoms with Crippen molar-refractivity contribution < 1.29 is 4.39 Å². The Morgan fingerprint density at radius 3 is 2.94 bits per heavy atom. The Morgan fingerprint density at radius 1 is 1.50 bits per heavy atom. The highest BCUT2D eigenvalue weighted by Crippen LogP contribution is 2.14. The van der Waals surface area contributed by atoms with Gasteiger partial charge in [0.2, 0.25) is 0 Å². The van der Waals surface area contributed by atoms with Crippen molar-refractivity contribution in [2.45, 2.75) is 13.5 Å². The normalized spacial score (nSPS) is 10.3. The first-order valence-electron chi connectivity index (χ1n) is 5.56. The molecule has 6 heteroatoms. The van der Waals surface area contributed by atoms with Gasteiger partial charge in [-0.25, -0.2) is 14.1 Å². The molecule has 1 aromatic carbocycles. The summed E-state index contributed by atoms with van der Waals surface area (Å²) in [4.78, 5) is 3.74. The third kappa shape index (κ3) is 2.52. The molecule has 1 heterocycles. The molecule has 0 bridgehead atoms. The maximum atomic E-state index is 13.9. The Bertz CT molecular complexity index is 584. The lowest BCUT2D eigenvalue weighted by atomic mass is 10.2. The molecule has 18 heavy (non-hydrogen) atoms. The van der Waals surface area contributed by atoms with E-state index in [-0.39, 0.29) is 17.3 Å². The van der Waals surface area contributed by atoms with E-state index in [0.717, 1.165) is 12.1 Å². The Kier molecular flexibility index (Phi) is 3.65. The summed E-state index contributed by atoms with van der Waals surface area (Å²) >= 11 is 0. The Labute approximate surface area is 104 Å². The van der Waals surface area contributed by atoms with Crippen LogP contribution in [0.4, 0.5) is 4.39 Å². The minimum Gasteiger partial charge on any atom is -0.313 e. The van der Waals surface area contributed by atoms with Crippen molar-refractivity contribution in [3.63, 3.8) is 0 Å². The standard InChI is InChI=1S/C12H12FN5/c1-2-15-7-9-3-4-11(10(13)5-9)18-8-16-12(6-14)17-18/h3-5,8,15H,2,7H2,1H3. The molecule has 0 aliphatic heterocycles. The number of hydrogen-bond donors (Lipinski definition) is 1. The monoisotopic (exact) mass is 245 g/mol. The minimum absolute atomic E-state index is 0.0196. The van der Waals surface area contributed by atoms with Crippen molar-refractivity contribution in [2.24, 2.45) is 0 Å². The van der Waals surface area contributed by atoms with Crippen LogP contribution >= 0.6 is 0 Å². The highest BCUT2D eigenvalue weighted by molar-refractivity contribution is 5.35. The van der Waals surface area contributed by atoms with Crippen LogP contribution in [0.5, 0.6) is 0 Å². The van der Waals surface area contributed by atoms with E-state index in [2.05, 4.69) is 15.4 Å². The molecule has 0 amide bonds. The summed E-state index contributed by atoms with van der Waals surface area (Å²) in [5, 5.41) is 15.6. The first-order valence-corrected chi connectivity index (χ1v) is 5.56. The first-order chi connectivity index (χ1) is 8.74. The molecule has 2 aromatic rings. The lowest BCUT2D eigenvalue weighted by molar-refractivity contribution is 0.605. The third-order valence-electron chi connectivity index (χ3n) is 2.43. The number of halogens is 1. The van der Waals surface area contributed by atoms with Crippen molar-refractivity contribution in [1.82, 2.24) is 20.1 Å². The molecule has 92 valence electrons. The van der Waals surface area contributed by atoms with E-state index in [9.17, 15) is 4.39 Å². The Hall–Kier alpha value is -2.26. The number of aromatic nitrogens is 3. The van der Waals surface area contributed by atoms with E-state index in [4.69, 9.17) is 5.26 Å². The average molecular weight is 245 g/mol. The van der Waals surface area contributed by atoms with Crippen molar-refractivity contribution in [1.29, 1.82) is 5.26 Å². The first kappa shape index (κ1) is 12.2. The lowest BCUT2D eigenvalue weighted by Crippen LogP contribution is -2.12. The molecule has 0 fully saturated rings. The van der Waals surface area contributed by atoms with Crippen molar-refractivity contribution in [2.75, 3.05) is 6.54 Å². The van der Waals surface area contributed by atoms with Gasteiger partial charge in [0.25, 0.3) is 5.82 Å². The number of nitriles is 1. The fraction of sp³-hybridized carbons (Fsp3) is 0.250. The quantitative estimate of drug-likeness (QED) is 0.883. The predicted octanol–water partition coefficient (Wildman–Crippen LogP) is 1.39. The predicted molar refractivity (Wildman–Crippen MR) is 63.4 cm³/mol. The molecule has 0 spiro atoms. The second-order valence-corrected chi connectivity index (χ2v) is 3.69. The molecule has 0 radical (unpaired) electrons. The van der Waals surface area contributed by atoms with Gasteiger partial charge in [-0.2, -0.15) is 5.26 Å². The van der Waals surface area contributed by atoms with Gasteiger partial charge in [-0.1, -0.05) is 13.0 Å². The van der Waals surface area contributed by atoms with Gasteiger partial charge in [0.15, 0.2) is 0 Å². The van der Waals surface area contributed by atoms with Crippen LogP contribution in [0.15, 0.2) is 24.5 Å². The zero-order chi connectivity index (χ0) is 13.0. The molecule has 2 rings (SSSR count). The molecule has 0 atom stereocenters. The zero-order valence-electron chi connectivity index (χ0n) is 9.89. The second kappa shape index (κ2) is 5.38. The van der Waals surface area contributed by atoms with E-state index in [1.165, 1.54) is 17.1 Å². The van der Waals surface area contributed by atoms with E-state index >= 15 is 0 Å². The fourth-order valence-corrected chi connectivity index (χ4v) is 1.55. The molecule has 5 nitrogen and oxygen atoms in total. The van der Waals surface area contributed by atoms with Crippen LogP contribution in [-0.4, -0.2) is 21.3 Å². The summed E-state index contributed by atoms with van der Waals surface area (Å²) in [6.07, 6.45) is 1.32. The number of rotatable bonds is 4. The van der Waals surface area contributed by atoms with Crippen LogP contribution in [0.2, 0.25) is 0 Å². The molecule has 1 aromatic heterocycles. The van der Waals surface area contributed by atoms with Crippen LogP contribution in [0.1, 0.15) is 18.3 Å². The largest absolute Gasteiger partial charge is 0.313 e. The van der Waals surface area contributed by atoms with E-state index in [1.54, 1.807) is 12.1 Å². The molecule has 0 aliphatic carbocycles. The van der Waals surface area contributed by atoms with E-state index in [1.807, 2.05) is 13.0 Å². The van der Waals surface area contributed by atoms with Crippen molar-refractivity contribution >= 4 is 0 Å². The number of benzene rings is 1. The summed E-state index contributed by atoms with van der Waals surface area (Å²) in [5.74, 6) is -0.370. The fourth-order valence-electron chi connectivity index (χ4n) is 1.55. The minimum atomic E-state index is -0.389. The zero-order valence-corrected chi connectivity index (χ0v) is 9.89. The van der Waals surface area contributed by atoms with Gasteiger partial charge in [-0.05, 0) is 24.2 Å². The molecule has 0 unspecified atom stereocenters. The van der Waals surface area contributed by atoms with Gasteiger partial charge in [0, 0.05) is 6.54 Å². The summed E-state index contributed by atoms with van der Waals surface area (Å²) in [7, 11) is 0. The van der Waals surface area contributed by atoms with Crippen molar-refractivity contribution in [3.8, 4) is 11.8 Å². The molecule has 0 saturated carbocycles. The number of nitrogens with zero attached hydrogens (tertiary/aromatic N) is 4. The highest BCUT2D eigenvalue weighted by atomic mass is 19.1. The molecule has 0 saturated heterocycles. The van der Waals surface area contributed by atoms with Crippen LogP contribution in [0, 0.1) is 17.1 Å². The van der Waals surface area contributed by atoms with Crippen LogP contribution in [0.25, 0.3) is 5.69 Å². The van der Waals surface area contributed by atoms with Crippen molar-refractivity contribution in [3.05, 3.63) is 41.7 Å². The van der Waals surface area contributed by atoms with Gasteiger partial charge >= 0.3 is 0 Å². The average Bonchev–Trinajstić information content (AvgIpc) is 2.85. The molecular weight excluding hydrogens is 233 g/mol. The van der Waals surface area contributed by atoms with E-state index in [0.29, 0.717) is 6.54 Å². The van der Waals surface area contributed by atoms with Gasteiger partial charge in [0.05, 0.1) is 0 Å². The number of nitrogens with one attached hydrogen (secondary N) is 1. The maximum Gasteiger partial charge on any atom is 0.252 e. The smallest absolute Gasteiger partial charge is 0.252 e. The van der Waals surface area contributed by atoms with Gasteiger partial charge < -0.3 is 5.32 Å². The summed E-state index contributed by atoms with van der Waals surface area (Å²) in [5.41, 5.74) is 1.14. The molecule has 1 N–H and O–H groups in total. The maximum absolute atomic E-state index is 13.9. The molecule has 0 aliphatic rings.